The molecule has 0 aromatic rings. The summed E-state index contributed by atoms with van der Waals surface area (Å²) in [5.74, 6) is 0. The van der Waals surface area contributed by atoms with Gasteiger partial charge in [0.1, 0.15) is 5.60 Å². The number of hydrogen-bond donors (Lipinski definition) is 2. The minimum Gasteiger partial charge on any atom is -0.444 e. The predicted octanol–water partition coefficient (Wildman–Crippen LogP) is 2.63. The van der Waals surface area contributed by atoms with Gasteiger partial charge < -0.3 is 14.8 Å². The predicted molar refractivity (Wildman–Crippen MR) is 83.1 cm³/mol. The van der Waals surface area contributed by atoms with E-state index in [0.29, 0.717) is 13.2 Å². The highest BCUT2D eigenvalue weighted by molar-refractivity contribution is 5.67. The first-order valence-corrected chi connectivity index (χ1v) is 7.43. The normalized spacial score (nSPS) is 13.9. The molecular weight excluding hydrogens is 272 g/mol. The summed E-state index contributed by atoms with van der Waals surface area (Å²) in [5, 5.41) is 2.74. The highest BCUT2D eigenvalue weighted by Gasteiger charge is 2.17. The summed E-state index contributed by atoms with van der Waals surface area (Å²) in [7, 11) is 1.66. The van der Waals surface area contributed by atoms with Gasteiger partial charge in [0, 0.05) is 13.7 Å². The minimum atomic E-state index is -0.467. The van der Waals surface area contributed by atoms with Crippen LogP contribution in [0.2, 0.25) is 0 Å². The quantitative estimate of drug-likeness (QED) is 0.533. The van der Waals surface area contributed by atoms with E-state index >= 15 is 0 Å². The van der Waals surface area contributed by atoms with Crippen LogP contribution in [0, 0.1) is 0 Å². The lowest BCUT2D eigenvalue weighted by Gasteiger charge is -2.25. The van der Waals surface area contributed by atoms with E-state index in [1.807, 2.05) is 41.5 Å². The van der Waals surface area contributed by atoms with Crippen molar-refractivity contribution in [2.24, 2.45) is 0 Å². The van der Waals surface area contributed by atoms with Gasteiger partial charge in [-0.1, -0.05) is 0 Å². The third-order valence-corrected chi connectivity index (χ3v) is 2.30. The largest absolute Gasteiger partial charge is 0.444 e. The molecule has 0 aliphatic rings. The number of ether oxygens (including phenoxy) is 2. The molecule has 0 aliphatic heterocycles. The van der Waals surface area contributed by atoms with Crippen LogP contribution in [0.5, 0.6) is 0 Å². The van der Waals surface area contributed by atoms with Crippen molar-refractivity contribution in [1.82, 2.24) is 10.8 Å². The first kappa shape index (κ1) is 20.1. The van der Waals surface area contributed by atoms with E-state index in [0.717, 1.165) is 12.8 Å². The fourth-order valence-corrected chi connectivity index (χ4v) is 1.49. The topological polar surface area (TPSA) is 68.8 Å². The van der Waals surface area contributed by atoms with Crippen molar-refractivity contribution in [2.45, 2.75) is 71.6 Å². The van der Waals surface area contributed by atoms with Crippen molar-refractivity contribution in [3.63, 3.8) is 0 Å². The number of carbonyl (C=O) groups is 1. The Morgan fingerprint density at radius 2 is 1.71 bits per heavy atom. The van der Waals surface area contributed by atoms with Crippen molar-refractivity contribution in [3.8, 4) is 0 Å². The van der Waals surface area contributed by atoms with Crippen molar-refractivity contribution >= 4 is 6.09 Å². The second kappa shape index (κ2) is 9.23. The standard InChI is InChI=1S/C15H32N2O4/c1-14(2,3)20-13(18)16-10-8-9-12(11-19-7)17-21-15(4,5)6/h12,17H,8-11H2,1-7H3,(H,16,18). The number of amides is 1. The Morgan fingerprint density at radius 3 is 2.19 bits per heavy atom. The molecule has 1 unspecified atom stereocenters. The van der Waals surface area contributed by atoms with E-state index in [-0.39, 0.29) is 17.7 Å². The molecular formula is C15H32N2O4. The maximum atomic E-state index is 11.5. The molecule has 126 valence electrons. The van der Waals surface area contributed by atoms with Gasteiger partial charge in [-0.05, 0) is 54.4 Å². The summed E-state index contributed by atoms with van der Waals surface area (Å²) in [6.45, 7) is 12.6. The van der Waals surface area contributed by atoms with Crippen LogP contribution < -0.4 is 10.8 Å². The third kappa shape index (κ3) is 13.9. The van der Waals surface area contributed by atoms with Crippen LogP contribution in [-0.4, -0.2) is 43.6 Å². The van der Waals surface area contributed by atoms with Gasteiger partial charge in [-0.15, -0.1) is 0 Å². The molecule has 21 heavy (non-hydrogen) atoms. The first-order chi connectivity index (χ1) is 9.53. The lowest BCUT2D eigenvalue weighted by Crippen LogP contribution is -2.40. The lowest BCUT2D eigenvalue weighted by molar-refractivity contribution is -0.0976. The minimum absolute atomic E-state index is 0.0923. The van der Waals surface area contributed by atoms with Gasteiger partial charge in [-0.25, -0.2) is 4.79 Å². The zero-order chi connectivity index (χ0) is 16.5. The van der Waals surface area contributed by atoms with E-state index < -0.39 is 5.60 Å². The monoisotopic (exact) mass is 304 g/mol. The van der Waals surface area contributed by atoms with Crippen molar-refractivity contribution < 1.29 is 19.1 Å². The molecule has 1 amide bonds. The highest BCUT2D eigenvalue weighted by atomic mass is 16.7. The number of alkyl carbamates (subject to hydrolysis) is 1. The molecule has 2 N–H and O–H groups in total. The molecule has 0 aliphatic carbocycles. The Balaban J connectivity index is 3.90. The van der Waals surface area contributed by atoms with Gasteiger partial charge in [0.2, 0.25) is 0 Å². The maximum absolute atomic E-state index is 11.5. The van der Waals surface area contributed by atoms with Crippen LogP contribution in [0.4, 0.5) is 4.79 Å². The Bertz CT molecular complexity index is 295. The first-order valence-electron chi connectivity index (χ1n) is 7.43. The molecule has 0 aromatic heterocycles. The van der Waals surface area contributed by atoms with Gasteiger partial charge in [0.05, 0.1) is 18.2 Å². The number of rotatable bonds is 8. The molecule has 0 fully saturated rings. The molecule has 0 bridgehead atoms. The van der Waals surface area contributed by atoms with Crippen molar-refractivity contribution in [2.75, 3.05) is 20.3 Å². The Kier molecular flexibility index (Phi) is 8.85. The van der Waals surface area contributed by atoms with Crippen LogP contribution >= 0.6 is 0 Å². The Morgan fingerprint density at radius 1 is 1.10 bits per heavy atom. The molecule has 6 heteroatoms. The summed E-state index contributed by atoms with van der Waals surface area (Å²) in [5.41, 5.74) is 2.30. The number of methoxy groups -OCH3 is 1. The third-order valence-electron chi connectivity index (χ3n) is 2.30. The molecule has 0 radical (unpaired) electrons. The SMILES string of the molecule is COCC(CCCNC(=O)OC(C)(C)C)NOC(C)(C)C. The molecule has 6 nitrogen and oxygen atoms in total. The second-order valence-electron chi connectivity index (χ2n) is 7.06. The lowest BCUT2D eigenvalue weighted by atomic mass is 10.1. The summed E-state index contributed by atoms with van der Waals surface area (Å²) >= 11 is 0. The molecule has 0 aromatic carbocycles. The number of hydroxylamine groups is 1. The van der Waals surface area contributed by atoms with E-state index in [1.54, 1.807) is 7.11 Å². The summed E-state index contributed by atoms with van der Waals surface area (Å²) in [6.07, 6.45) is 1.26. The van der Waals surface area contributed by atoms with Crippen molar-refractivity contribution in [3.05, 3.63) is 0 Å². The van der Waals surface area contributed by atoms with E-state index in [9.17, 15) is 4.79 Å². The van der Waals surface area contributed by atoms with E-state index in [2.05, 4.69) is 10.8 Å². The van der Waals surface area contributed by atoms with Crippen molar-refractivity contribution in [1.29, 1.82) is 0 Å². The maximum Gasteiger partial charge on any atom is 0.407 e. The Labute approximate surface area is 128 Å². The molecule has 0 rings (SSSR count). The zero-order valence-corrected chi connectivity index (χ0v) is 14.5. The number of hydrogen-bond acceptors (Lipinski definition) is 5. The van der Waals surface area contributed by atoms with Gasteiger partial charge >= 0.3 is 6.09 Å². The Hall–Kier alpha value is -0.850. The van der Waals surface area contributed by atoms with E-state index in [1.165, 1.54) is 0 Å². The second-order valence-corrected chi connectivity index (χ2v) is 7.06. The molecule has 0 saturated carbocycles. The summed E-state index contributed by atoms with van der Waals surface area (Å²) < 4.78 is 10.3. The van der Waals surface area contributed by atoms with Gasteiger partial charge in [0.25, 0.3) is 0 Å². The fourth-order valence-electron chi connectivity index (χ4n) is 1.49. The summed E-state index contributed by atoms with van der Waals surface area (Å²) in [6, 6.07) is 0.0923. The molecule has 0 spiro atoms. The molecule has 1 atom stereocenters. The number of carbonyl (C=O) groups excluding carboxylic acids is 1. The van der Waals surface area contributed by atoms with E-state index in [4.69, 9.17) is 14.3 Å². The average molecular weight is 304 g/mol. The average Bonchev–Trinajstić information content (AvgIpc) is 2.28. The van der Waals surface area contributed by atoms with Gasteiger partial charge in [0.15, 0.2) is 0 Å². The zero-order valence-electron chi connectivity index (χ0n) is 14.5. The summed E-state index contributed by atoms with van der Waals surface area (Å²) in [4.78, 5) is 17.0. The van der Waals surface area contributed by atoms with Gasteiger partial charge in [-0.3, -0.25) is 4.84 Å². The van der Waals surface area contributed by atoms with Crippen LogP contribution in [0.1, 0.15) is 54.4 Å². The van der Waals surface area contributed by atoms with Gasteiger partial charge in [-0.2, -0.15) is 5.48 Å². The van der Waals surface area contributed by atoms with Crippen LogP contribution in [0.15, 0.2) is 0 Å². The van der Waals surface area contributed by atoms with Crippen LogP contribution in [0.25, 0.3) is 0 Å². The molecule has 0 heterocycles. The van der Waals surface area contributed by atoms with Crippen LogP contribution in [0.3, 0.4) is 0 Å². The number of nitrogens with one attached hydrogen (secondary N) is 2. The molecule has 0 saturated heterocycles. The highest BCUT2D eigenvalue weighted by Crippen LogP contribution is 2.08. The fraction of sp³-hybridized carbons (Fsp3) is 0.933. The van der Waals surface area contributed by atoms with Crippen LogP contribution in [-0.2, 0) is 14.3 Å². The smallest absolute Gasteiger partial charge is 0.407 e.